The maximum atomic E-state index is 10.5. The largest absolute Gasteiger partial charge is 0.472 e. The van der Waals surface area contributed by atoms with E-state index in [9.17, 15) is 4.79 Å². The summed E-state index contributed by atoms with van der Waals surface area (Å²) in [5.41, 5.74) is 10.9. The van der Waals surface area contributed by atoms with Gasteiger partial charge in [0, 0.05) is 5.56 Å². The average Bonchev–Trinajstić information content (AvgIpc) is 2.36. The van der Waals surface area contributed by atoms with Crippen LogP contribution >= 0.6 is 12.4 Å². The van der Waals surface area contributed by atoms with E-state index in [0.29, 0.717) is 5.56 Å². The standard InChI is InChI=1S/C6H8N2O2.ClH/c7-5(6(8)9)4-1-2-10-3-4;/h1-3,5H,7H2,(H2,8,9);1H. The normalized spacial score (nSPS) is 11.7. The lowest BCUT2D eigenvalue weighted by molar-refractivity contribution is -0.119. The summed E-state index contributed by atoms with van der Waals surface area (Å²) >= 11 is 0. The van der Waals surface area contributed by atoms with Crippen LogP contribution in [0.2, 0.25) is 0 Å². The Balaban J connectivity index is 0.000001000. The highest BCUT2D eigenvalue weighted by Crippen LogP contribution is 2.08. The summed E-state index contributed by atoms with van der Waals surface area (Å²) in [4.78, 5) is 10.5. The van der Waals surface area contributed by atoms with E-state index in [1.165, 1.54) is 12.5 Å². The molecular formula is C6H9ClN2O2. The van der Waals surface area contributed by atoms with Crippen molar-refractivity contribution in [3.8, 4) is 0 Å². The SMILES string of the molecule is Cl.NC(=O)C(N)c1ccoc1. The van der Waals surface area contributed by atoms with Gasteiger partial charge in [-0.2, -0.15) is 0 Å². The molecule has 62 valence electrons. The average molecular weight is 177 g/mol. The Morgan fingerprint density at radius 1 is 1.64 bits per heavy atom. The van der Waals surface area contributed by atoms with E-state index >= 15 is 0 Å². The lowest BCUT2D eigenvalue weighted by Gasteiger charge is -2.01. The highest BCUT2D eigenvalue weighted by Gasteiger charge is 2.11. The third-order valence-corrected chi connectivity index (χ3v) is 1.21. The van der Waals surface area contributed by atoms with Gasteiger partial charge in [0.05, 0.1) is 12.5 Å². The van der Waals surface area contributed by atoms with Gasteiger partial charge in [-0.25, -0.2) is 0 Å². The van der Waals surface area contributed by atoms with Crippen molar-refractivity contribution in [3.05, 3.63) is 24.2 Å². The summed E-state index contributed by atoms with van der Waals surface area (Å²) in [6.45, 7) is 0. The summed E-state index contributed by atoms with van der Waals surface area (Å²) in [5.74, 6) is -0.554. The molecule has 0 aliphatic rings. The molecule has 0 bridgehead atoms. The number of carbonyl (C=O) groups excluding carboxylic acids is 1. The maximum absolute atomic E-state index is 10.5. The molecule has 0 spiro atoms. The monoisotopic (exact) mass is 176 g/mol. The van der Waals surface area contributed by atoms with Gasteiger partial charge in [-0.3, -0.25) is 4.79 Å². The van der Waals surface area contributed by atoms with Gasteiger partial charge in [0.25, 0.3) is 0 Å². The Hall–Kier alpha value is -1.00. The topological polar surface area (TPSA) is 82.2 Å². The van der Waals surface area contributed by atoms with Gasteiger partial charge in [0.15, 0.2) is 0 Å². The van der Waals surface area contributed by atoms with Crippen LogP contribution in [-0.4, -0.2) is 5.91 Å². The van der Waals surface area contributed by atoms with E-state index in [-0.39, 0.29) is 12.4 Å². The summed E-state index contributed by atoms with van der Waals surface area (Å²) in [7, 11) is 0. The second-order valence-corrected chi connectivity index (χ2v) is 1.94. The number of carbonyl (C=O) groups is 1. The van der Waals surface area contributed by atoms with Gasteiger partial charge >= 0.3 is 0 Å². The zero-order valence-corrected chi connectivity index (χ0v) is 6.51. The first-order valence-corrected chi connectivity index (χ1v) is 2.79. The van der Waals surface area contributed by atoms with E-state index in [4.69, 9.17) is 15.9 Å². The van der Waals surface area contributed by atoms with Crippen LogP contribution in [0.25, 0.3) is 0 Å². The molecule has 1 aromatic rings. The molecule has 4 nitrogen and oxygen atoms in total. The van der Waals surface area contributed by atoms with Crippen molar-refractivity contribution in [2.45, 2.75) is 6.04 Å². The number of primary amides is 1. The van der Waals surface area contributed by atoms with Crippen molar-refractivity contribution in [2.75, 3.05) is 0 Å². The first-order valence-electron chi connectivity index (χ1n) is 2.79. The molecule has 0 saturated heterocycles. The van der Waals surface area contributed by atoms with E-state index in [1.807, 2.05) is 0 Å². The number of hydrogen-bond acceptors (Lipinski definition) is 3. The third-order valence-electron chi connectivity index (χ3n) is 1.21. The Bertz CT molecular complexity index is 222. The molecule has 0 aliphatic heterocycles. The van der Waals surface area contributed by atoms with Crippen LogP contribution in [0.1, 0.15) is 11.6 Å². The van der Waals surface area contributed by atoms with Crippen LogP contribution in [0.3, 0.4) is 0 Å². The summed E-state index contributed by atoms with van der Waals surface area (Å²) < 4.78 is 4.70. The Morgan fingerprint density at radius 2 is 2.27 bits per heavy atom. The molecule has 1 unspecified atom stereocenters. The molecule has 1 heterocycles. The van der Waals surface area contributed by atoms with Crippen LogP contribution in [0.15, 0.2) is 23.0 Å². The van der Waals surface area contributed by atoms with Crippen LogP contribution in [0.5, 0.6) is 0 Å². The van der Waals surface area contributed by atoms with Gasteiger partial charge in [0.2, 0.25) is 5.91 Å². The number of furan rings is 1. The van der Waals surface area contributed by atoms with E-state index in [2.05, 4.69) is 0 Å². The molecular weight excluding hydrogens is 168 g/mol. The summed E-state index contributed by atoms with van der Waals surface area (Å²) in [6, 6.07) is 0.855. The van der Waals surface area contributed by atoms with Crippen molar-refractivity contribution in [1.82, 2.24) is 0 Å². The van der Waals surface area contributed by atoms with Gasteiger partial charge in [-0.05, 0) is 6.07 Å². The van der Waals surface area contributed by atoms with Crippen LogP contribution in [0, 0.1) is 0 Å². The zero-order valence-electron chi connectivity index (χ0n) is 5.69. The minimum absolute atomic E-state index is 0. The first-order chi connectivity index (χ1) is 4.72. The first kappa shape index (κ1) is 10.0. The summed E-state index contributed by atoms with van der Waals surface area (Å²) in [5, 5.41) is 0. The molecule has 4 N–H and O–H groups in total. The second-order valence-electron chi connectivity index (χ2n) is 1.94. The van der Waals surface area contributed by atoms with E-state index in [1.54, 1.807) is 6.07 Å². The smallest absolute Gasteiger partial charge is 0.239 e. The number of halogens is 1. The highest BCUT2D eigenvalue weighted by atomic mass is 35.5. The second kappa shape index (κ2) is 4.00. The van der Waals surface area contributed by atoms with Gasteiger partial charge < -0.3 is 15.9 Å². The molecule has 1 rings (SSSR count). The highest BCUT2D eigenvalue weighted by molar-refractivity contribution is 5.85. The molecule has 0 fully saturated rings. The Labute approximate surface area is 70.0 Å². The third kappa shape index (κ3) is 2.25. The van der Waals surface area contributed by atoms with Gasteiger partial charge in [-0.1, -0.05) is 0 Å². The molecule has 1 atom stereocenters. The lowest BCUT2D eigenvalue weighted by Crippen LogP contribution is -2.27. The number of rotatable bonds is 2. The molecule has 0 aromatic carbocycles. The Morgan fingerprint density at radius 3 is 2.64 bits per heavy atom. The molecule has 1 amide bonds. The lowest BCUT2D eigenvalue weighted by atomic mass is 10.1. The van der Waals surface area contributed by atoms with Crippen LogP contribution in [0.4, 0.5) is 0 Å². The fraction of sp³-hybridized carbons (Fsp3) is 0.167. The molecule has 0 saturated carbocycles. The molecule has 0 radical (unpaired) electrons. The van der Waals surface area contributed by atoms with E-state index < -0.39 is 11.9 Å². The predicted molar refractivity (Wildman–Crippen MR) is 42.1 cm³/mol. The van der Waals surface area contributed by atoms with Crippen molar-refractivity contribution in [1.29, 1.82) is 0 Å². The van der Waals surface area contributed by atoms with Crippen molar-refractivity contribution < 1.29 is 9.21 Å². The van der Waals surface area contributed by atoms with Crippen molar-refractivity contribution in [3.63, 3.8) is 0 Å². The zero-order chi connectivity index (χ0) is 7.56. The maximum Gasteiger partial charge on any atom is 0.239 e. The number of amides is 1. The fourth-order valence-corrected chi connectivity index (χ4v) is 0.616. The number of hydrogen-bond donors (Lipinski definition) is 2. The van der Waals surface area contributed by atoms with Crippen LogP contribution < -0.4 is 11.5 Å². The fourth-order valence-electron chi connectivity index (χ4n) is 0.616. The molecule has 1 aromatic heterocycles. The predicted octanol–water partition coefficient (Wildman–Crippen LogP) is 0.186. The Kier molecular flexibility index (Phi) is 3.64. The molecule has 0 aliphatic carbocycles. The van der Waals surface area contributed by atoms with Crippen molar-refractivity contribution in [2.24, 2.45) is 11.5 Å². The van der Waals surface area contributed by atoms with E-state index in [0.717, 1.165) is 0 Å². The minimum atomic E-state index is -0.751. The number of nitrogens with two attached hydrogens (primary N) is 2. The van der Waals surface area contributed by atoms with Gasteiger partial charge in [0.1, 0.15) is 6.04 Å². The minimum Gasteiger partial charge on any atom is -0.472 e. The summed E-state index contributed by atoms with van der Waals surface area (Å²) in [6.07, 6.45) is 2.84. The van der Waals surface area contributed by atoms with Gasteiger partial charge in [-0.15, -0.1) is 12.4 Å². The molecule has 11 heavy (non-hydrogen) atoms. The molecule has 5 heteroatoms. The van der Waals surface area contributed by atoms with Crippen molar-refractivity contribution >= 4 is 18.3 Å². The quantitative estimate of drug-likeness (QED) is 0.675. The van der Waals surface area contributed by atoms with Crippen LogP contribution in [-0.2, 0) is 4.79 Å².